The summed E-state index contributed by atoms with van der Waals surface area (Å²) in [7, 11) is 0. The van der Waals surface area contributed by atoms with E-state index < -0.39 is 0 Å². The third kappa shape index (κ3) is 3.08. The summed E-state index contributed by atoms with van der Waals surface area (Å²) in [5, 5.41) is 7.53. The maximum absolute atomic E-state index is 13.5. The van der Waals surface area contributed by atoms with Crippen LogP contribution in [0, 0.1) is 0 Å². The van der Waals surface area contributed by atoms with Crippen molar-refractivity contribution in [1.82, 2.24) is 15.1 Å². The number of rotatable bonds is 4. The number of carbonyl (C=O) groups excluding carboxylic acids is 1. The number of amides is 1. The number of nitrogens with zero attached hydrogens (tertiary/aromatic N) is 2. The molecule has 2 aliphatic heterocycles. The summed E-state index contributed by atoms with van der Waals surface area (Å²) >= 11 is 3.58. The molecule has 1 atom stereocenters. The number of halogens is 1. The smallest absolute Gasteiger partial charge is 0.273 e. The lowest BCUT2D eigenvalue weighted by Crippen LogP contribution is -2.29. The van der Waals surface area contributed by atoms with Crippen molar-refractivity contribution in [1.29, 1.82) is 0 Å². The summed E-state index contributed by atoms with van der Waals surface area (Å²) in [5.41, 5.74) is 5.21. The Kier molecular flexibility index (Phi) is 4.50. The number of aromatic nitrogens is 2. The van der Waals surface area contributed by atoms with E-state index in [0.29, 0.717) is 18.0 Å². The van der Waals surface area contributed by atoms with E-state index in [1.807, 2.05) is 71.6 Å². The summed E-state index contributed by atoms with van der Waals surface area (Å²) in [6.45, 7) is 0.655. The molecule has 6 rings (SSSR count). The van der Waals surface area contributed by atoms with Crippen molar-refractivity contribution in [3.05, 3.63) is 99.7 Å². The number of hydrogen-bond acceptors (Lipinski definition) is 4. The van der Waals surface area contributed by atoms with Gasteiger partial charge < -0.3 is 14.4 Å². The van der Waals surface area contributed by atoms with Gasteiger partial charge in [0.1, 0.15) is 5.69 Å². The van der Waals surface area contributed by atoms with E-state index in [1.165, 1.54) is 0 Å². The quantitative estimate of drug-likeness (QED) is 0.423. The predicted molar refractivity (Wildman–Crippen MR) is 122 cm³/mol. The van der Waals surface area contributed by atoms with Crippen molar-refractivity contribution in [2.75, 3.05) is 6.79 Å². The van der Waals surface area contributed by atoms with Crippen LogP contribution in [0.15, 0.2) is 77.3 Å². The molecule has 32 heavy (non-hydrogen) atoms. The third-order valence-corrected chi connectivity index (χ3v) is 6.36. The fourth-order valence-electron chi connectivity index (χ4n) is 4.44. The fraction of sp³-hybridized carbons (Fsp3) is 0.120. The Morgan fingerprint density at radius 1 is 1.00 bits per heavy atom. The Bertz CT molecular complexity index is 1340. The molecule has 0 saturated heterocycles. The molecule has 0 radical (unpaired) electrons. The lowest BCUT2D eigenvalue weighted by molar-refractivity contribution is 0.0730. The molecule has 158 valence electrons. The third-order valence-electron chi connectivity index (χ3n) is 5.87. The minimum Gasteiger partial charge on any atom is -0.454 e. The van der Waals surface area contributed by atoms with Gasteiger partial charge in [0.15, 0.2) is 11.5 Å². The van der Waals surface area contributed by atoms with Gasteiger partial charge in [-0.1, -0.05) is 64.5 Å². The van der Waals surface area contributed by atoms with Gasteiger partial charge >= 0.3 is 0 Å². The van der Waals surface area contributed by atoms with E-state index in [0.717, 1.165) is 38.2 Å². The van der Waals surface area contributed by atoms with Crippen LogP contribution in [-0.4, -0.2) is 27.8 Å². The summed E-state index contributed by atoms with van der Waals surface area (Å²) in [6, 6.07) is 23.6. The Hall–Kier alpha value is -3.58. The molecule has 0 spiro atoms. The molecule has 6 nitrogen and oxygen atoms in total. The second-order valence-electron chi connectivity index (χ2n) is 7.81. The van der Waals surface area contributed by atoms with Gasteiger partial charge in [-0.15, -0.1) is 0 Å². The first kappa shape index (κ1) is 19.1. The molecular weight excluding hydrogens is 470 g/mol. The van der Waals surface area contributed by atoms with Crippen molar-refractivity contribution in [2.24, 2.45) is 0 Å². The summed E-state index contributed by atoms with van der Waals surface area (Å²) in [5.74, 6) is 1.36. The zero-order chi connectivity index (χ0) is 21.7. The first-order chi connectivity index (χ1) is 15.7. The van der Waals surface area contributed by atoms with Crippen LogP contribution in [-0.2, 0) is 6.54 Å². The molecule has 1 N–H and O–H groups in total. The van der Waals surface area contributed by atoms with Crippen LogP contribution in [0.3, 0.4) is 0 Å². The number of fused-ring (bicyclic) bond motifs is 2. The zero-order valence-electron chi connectivity index (χ0n) is 16.9. The number of H-pyrrole nitrogens is 1. The maximum atomic E-state index is 13.5. The lowest BCUT2D eigenvalue weighted by Gasteiger charge is -2.26. The van der Waals surface area contributed by atoms with Gasteiger partial charge in [-0.05, 0) is 35.4 Å². The van der Waals surface area contributed by atoms with Crippen LogP contribution in [0.25, 0.3) is 11.3 Å². The highest BCUT2D eigenvalue weighted by Crippen LogP contribution is 2.44. The Balaban J connectivity index is 1.47. The molecular formula is C25H18BrN3O3. The van der Waals surface area contributed by atoms with Gasteiger partial charge in [-0.25, -0.2) is 0 Å². The summed E-state index contributed by atoms with van der Waals surface area (Å²) in [4.78, 5) is 15.4. The number of hydrogen-bond donors (Lipinski definition) is 1. The minimum absolute atomic E-state index is 0.0719. The molecule has 1 amide bonds. The van der Waals surface area contributed by atoms with Crippen molar-refractivity contribution in [3.8, 4) is 22.8 Å². The molecule has 0 fully saturated rings. The molecule has 3 heterocycles. The van der Waals surface area contributed by atoms with Crippen LogP contribution in [0.5, 0.6) is 11.5 Å². The minimum atomic E-state index is -0.269. The van der Waals surface area contributed by atoms with Crippen LogP contribution in [0.2, 0.25) is 0 Å². The lowest BCUT2D eigenvalue weighted by atomic mass is 9.96. The van der Waals surface area contributed by atoms with E-state index in [9.17, 15) is 4.79 Å². The van der Waals surface area contributed by atoms with Crippen LogP contribution in [0.1, 0.15) is 33.2 Å². The average molecular weight is 488 g/mol. The van der Waals surface area contributed by atoms with E-state index in [1.54, 1.807) is 0 Å². The second-order valence-corrected chi connectivity index (χ2v) is 8.72. The van der Waals surface area contributed by atoms with Gasteiger partial charge in [-0.2, -0.15) is 5.10 Å². The van der Waals surface area contributed by atoms with E-state index in [2.05, 4.69) is 32.2 Å². The average Bonchev–Trinajstić information content (AvgIpc) is 3.51. The largest absolute Gasteiger partial charge is 0.454 e. The Morgan fingerprint density at radius 3 is 2.69 bits per heavy atom. The second kappa shape index (κ2) is 7.53. The molecule has 0 aliphatic carbocycles. The SMILES string of the molecule is O=C1c2[nH]nc(-c3ccccc3)c2C(c2cccc(Br)c2)N1Cc1ccc2c(c1)OCO2. The summed E-state index contributed by atoms with van der Waals surface area (Å²) in [6.07, 6.45) is 0. The highest BCUT2D eigenvalue weighted by molar-refractivity contribution is 9.10. The Labute approximate surface area is 192 Å². The first-order valence-electron chi connectivity index (χ1n) is 10.3. The topological polar surface area (TPSA) is 67.5 Å². The van der Waals surface area contributed by atoms with Crippen molar-refractivity contribution in [3.63, 3.8) is 0 Å². The number of carbonyl (C=O) groups is 1. The van der Waals surface area contributed by atoms with Crippen molar-refractivity contribution >= 4 is 21.8 Å². The molecule has 1 aromatic heterocycles. The summed E-state index contributed by atoms with van der Waals surface area (Å²) < 4.78 is 11.9. The number of aromatic amines is 1. The fourth-order valence-corrected chi connectivity index (χ4v) is 4.85. The van der Waals surface area contributed by atoms with E-state index >= 15 is 0 Å². The maximum Gasteiger partial charge on any atom is 0.273 e. The normalized spacial score (nSPS) is 16.5. The molecule has 7 heteroatoms. The molecule has 0 bridgehead atoms. The van der Waals surface area contributed by atoms with E-state index in [4.69, 9.17) is 9.47 Å². The van der Waals surface area contributed by atoms with Crippen LogP contribution >= 0.6 is 15.9 Å². The Morgan fingerprint density at radius 2 is 1.84 bits per heavy atom. The van der Waals surface area contributed by atoms with Gasteiger partial charge in [-0.3, -0.25) is 9.89 Å². The molecule has 1 unspecified atom stereocenters. The van der Waals surface area contributed by atoms with Crippen molar-refractivity contribution in [2.45, 2.75) is 12.6 Å². The van der Waals surface area contributed by atoms with Crippen molar-refractivity contribution < 1.29 is 14.3 Å². The molecule has 2 aliphatic rings. The van der Waals surface area contributed by atoms with E-state index in [-0.39, 0.29) is 18.7 Å². The molecule has 3 aromatic carbocycles. The number of ether oxygens (including phenoxy) is 2. The van der Waals surface area contributed by atoms with Crippen LogP contribution in [0.4, 0.5) is 0 Å². The standard InChI is InChI=1S/C25H18BrN3O3/c26-18-8-4-7-17(12-18)24-21-22(16-5-2-1-3-6-16)27-28-23(21)25(30)29(24)13-15-9-10-19-20(11-15)32-14-31-19/h1-12,24H,13-14H2,(H,27,28). The van der Waals surface area contributed by atoms with Crippen LogP contribution < -0.4 is 9.47 Å². The predicted octanol–water partition coefficient (Wildman–Crippen LogP) is 5.31. The van der Waals surface area contributed by atoms with Gasteiger partial charge in [0, 0.05) is 22.1 Å². The molecule has 0 saturated carbocycles. The number of benzene rings is 3. The highest BCUT2D eigenvalue weighted by atomic mass is 79.9. The van der Waals surface area contributed by atoms with Gasteiger partial charge in [0.05, 0.1) is 11.7 Å². The van der Waals surface area contributed by atoms with Gasteiger partial charge in [0.25, 0.3) is 5.91 Å². The highest BCUT2D eigenvalue weighted by Gasteiger charge is 2.42. The number of nitrogens with one attached hydrogen (secondary N) is 1. The monoisotopic (exact) mass is 487 g/mol. The first-order valence-corrected chi connectivity index (χ1v) is 11.1. The molecule has 4 aromatic rings. The zero-order valence-corrected chi connectivity index (χ0v) is 18.5. The van der Waals surface area contributed by atoms with Gasteiger partial charge in [0.2, 0.25) is 6.79 Å².